The first-order valence-electron chi connectivity index (χ1n) is 8.03. The fourth-order valence-electron chi connectivity index (χ4n) is 2.64. The van der Waals surface area contributed by atoms with E-state index < -0.39 is 0 Å². The molecule has 1 aromatic rings. The molecule has 0 radical (unpaired) electrons. The number of piperidine rings is 1. The summed E-state index contributed by atoms with van der Waals surface area (Å²) in [6.45, 7) is 5.19. The Bertz CT molecular complexity index is 438. The van der Waals surface area contributed by atoms with Crippen molar-refractivity contribution in [2.24, 2.45) is 0 Å². The van der Waals surface area contributed by atoms with E-state index in [-0.39, 0.29) is 11.9 Å². The zero-order valence-corrected chi connectivity index (χ0v) is 13.2. The highest BCUT2D eigenvalue weighted by atomic mass is 16.1. The Morgan fingerprint density at radius 2 is 2.14 bits per heavy atom. The number of rotatable bonds is 6. The zero-order valence-electron chi connectivity index (χ0n) is 13.2. The van der Waals surface area contributed by atoms with Crippen molar-refractivity contribution in [3.05, 3.63) is 29.8 Å². The van der Waals surface area contributed by atoms with E-state index in [4.69, 9.17) is 0 Å². The van der Waals surface area contributed by atoms with Crippen LogP contribution in [0.4, 0.5) is 5.69 Å². The van der Waals surface area contributed by atoms with Crippen LogP contribution in [0.2, 0.25) is 0 Å². The maximum Gasteiger partial charge on any atom is 0.251 e. The van der Waals surface area contributed by atoms with Crippen LogP contribution in [0.15, 0.2) is 24.3 Å². The number of unbranched alkanes of at least 4 members (excludes halogenated alkanes) is 1. The molecule has 0 spiro atoms. The molecule has 1 heterocycles. The van der Waals surface area contributed by atoms with Gasteiger partial charge in [0.2, 0.25) is 0 Å². The second-order valence-corrected chi connectivity index (χ2v) is 5.84. The fraction of sp³-hybridized carbons (Fsp3) is 0.588. The lowest BCUT2D eigenvalue weighted by molar-refractivity contribution is 0.0930. The minimum atomic E-state index is 0.0338. The molecule has 0 saturated carbocycles. The van der Waals surface area contributed by atoms with Crippen LogP contribution in [0.3, 0.4) is 0 Å². The van der Waals surface area contributed by atoms with Crippen LogP contribution in [0, 0.1) is 0 Å². The summed E-state index contributed by atoms with van der Waals surface area (Å²) in [5, 5.41) is 6.42. The van der Waals surface area contributed by atoms with Gasteiger partial charge >= 0.3 is 0 Å². The van der Waals surface area contributed by atoms with Crippen LogP contribution >= 0.6 is 0 Å². The first kappa shape index (κ1) is 15.8. The average molecular weight is 289 g/mol. The summed E-state index contributed by atoms with van der Waals surface area (Å²) in [5.74, 6) is 0.0338. The Labute approximate surface area is 127 Å². The molecular formula is C17H27N3O. The van der Waals surface area contributed by atoms with Gasteiger partial charge < -0.3 is 15.5 Å². The quantitative estimate of drug-likeness (QED) is 0.845. The molecule has 0 bridgehead atoms. The molecule has 21 heavy (non-hydrogen) atoms. The summed E-state index contributed by atoms with van der Waals surface area (Å²) >= 11 is 0. The van der Waals surface area contributed by atoms with E-state index in [2.05, 4.69) is 29.5 Å². The maximum atomic E-state index is 12.2. The van der Waals surface area contributed by atoms with Gasteiger partial charge in [0.1, 0.15) is 0 Å². The van der Waals surface area contributed by atoms with Crippen LogP contribution in [0.1, 0.15) is 43.0 Å². The Hall–Kier alpha value is -1.55. The third-order valence-electron chi connectivity index (χ3n) is 4.05. The monoisotopic (exact) mass is 289 g/mol. The first-order chi connectivity index (χ1) is 10.2. The van der Waals surface area contributed by atoms with Gasteiger partial charge in [-0.2, -0.15) is 0 Å². The lowest BCUT2D eigenvalue weighted by atomic mass is 10.1. The second-order valence-electron chi connectivity index (χ2n) is 5.84. The normalized spacial score (nSPS) is 18.3. The van der Waals surface area contributed by atoms with Gasteiger partial charge in [-0.05, 0) is 50.1 Å². The highest BCUT2D eigenvalue weighted by Gasteiger charge is 2.16. The van der Waals surface area contributed by atoms with Gasteiger partial charge in [0.25, 0.3) is 5.91 Å². The number of amides is 1. The summed E-state index contributed by atoms with van der Waals surface area (Å²) in [5.41, 5.74) is 1.91. The van der Waals surface area contributed by atoms with Crippen LogP contribution in [0.25, 0.3) is 0 Å². The summed E-state index contributed by atoms with van der Waals surface area (Å²) in [7, 11) is 2.10. The standard InChI is InChI=1S/C17H27N3O/c1-3-4-12-20(2)16-9-7-14(8-10-16)17(21)19-15-6-5-11-18-13-15/h7-10,15,18H,3-6,11-13H2,1-2H3,(H,19,21). The predicted molar refractivity (Wildman–Crippen MR) is 88.0 cm³/mol. The third kappa shape index (κ3) is 4.74. The Morgan fingerprint density at radius 1 is 1.38 bits per heavy atom. The van der Waals surface area contributed by atoms with Gasteiger partial charge in [0, 0.05) is 37.4 Å². The molecule has 1 unspecified atom stereocenters. The van der Waals surface area contributed by atoms with Crippen molar-refractivity contribution in [3.63, 3.8) is 0 Å². The van der Waals surface area contributed by atoms with Crippen molar-refractivity contribution < 1.29 is 4.79 Å². The number of carbonyl (C=O) groups excluding carboxylic acids is 1. The lowest BCUT2D eigenvalue weighted by Gasteiger charge is -2.24. The number of benzene rings is 1. The molecule has 0 aliphatic carbocycles. The van der Waals surface area contributed by atoms with Crippen LogP contribution < -0.4 is 15.5 Å². The van der Waals surface area contributed by atoms with Gasteiger partial charge in [0.05, 0.1) is 0 Å². The van der Waals surface area contributed by atoms with Crippen molar-refractivity contribution in [1.29, 1.82) is 0 Å². The molecule has 1 atom stereocenters. The first-order valence-corrected chi connectivity index (χ1v) is 8.03. The van der Waals surface area contributed by atoms with E-state index in [9.17, 15) is 4.79 Å². The molecule has 0 aromatic heterocycles. The maximum absolute atomic E-state index is 12.2. The minimum absolute atomic E-state index is 0.0338. The number of hydrogen-bond donors (Lipinski definition) is 2. The molecule has 1 aliphatic rings. The molecule has 1 amide bonds. The lowest BCUT2D eigenvalue weighted by Crippen LogP contribution is -2.45. The zero-order chi connectivity index (χ0) is 15.1. The summed E-state index contributed by atoms with van der Waals surface area (Å²) in [6, 6.07) is 8.17. The summed E-state index contributed by atoms with van der Waals surface area (Å²) in [6.07, 6.45) is 4.58. The van der Waals surface area contributed by atoms with E-state index >= 15 is 0 Å². The van der Waals surface area contributed by atoms with Crippen molar-refractivity contribution in [2.75, 3.05) is 31.6 Å². The van der Waals surface area contributed by atoms with E-state index in [0.717, 1.165) is 38.0 Å². The Morgan fingerprint density at radius 3 is 2.76 bits per heavy atom. The van der Waals surface area contributed by atoms with E-state index in [0.29, 0.717) is 0 Å². The van der Waals surface area contributed by atoms with Gasteiger partial charge in [-0.25, -0.2) is 0 Å². The molecule has 1 fully saturated rings. The molecule has 4 nitrogen and oxygen atoms in total. The fourth-order valence-corrected chi connectivity index (χ4v) is 2.64. The highest BCUT2D eigenvalue weighted by molar-refractivity contribution is 5.94. The second kappa shape index (κ2) is 8.03. The van der Waals surface area contributed by atoms with Crippen LogP contribution in [-0.4, -0.2) is 38.6 Å². The Balaban J connectivity index is 1.89. The molecule has 1 aromatic carbocycles. The van der Waals surface area contributed by atoms with Crippen molar-refractivity contribution in [3.8, 4) is 0 Å². The molecular weight excluding hydrogens is 262 g/mol. The third-order valence-corrected chi connectivity index (χ3v) is 4.05. The van der Waals surface area contributed by atoms with Crippen LogP contribution in [-0.2, 0) is 0 Å². The van der Waals surface area contributed by atoms with Gasteiger partial charge in [0.15, 0.2) is 0 Å². The number of nitrogens with zero attached hydrogens (tertiary/aromatic N) is 1. The topological polar surface area (TPSA) is 44.4 Å². The minimum Gasteiger partial charge on any atom is -0.375 e. The predicted octanol–water partition coefficient (Wildman–Crippen LogP) is 2.40. The van der Waals surface area contributed by atoms with Gasteiger partial charge in [-0.1, -0.05) is 13.3 Å². The molecule has 116 valence electrons. The number of carbonyl (C=O) groups is 1. The molecule has 1 aliphatic heterocycles. The number of anilines is 1. The molecule has 2 rings (SSSR count). The number of hydrogen-bond acceptors (Lipinski definition) is 3. The van der Waals surface area contributed by atoms with Crippen molar-refractivity contribution in [2.45, 2.75) is 38.6 Å². The van der Waals surface area contributed by atoms with Crippen LogP contribution in [0.5, 0.6) is 0 Å². The number of nitrogens with one attached hydrogen (secondary N) is 2. The molecule has 1 saturated heterocycles. The Kier molecular flexibility index (Phi) is 6.05. The average Bonchev–Trinajstić information content (AvgIpc) is 2.53. The van der Waals surface area contributed by atoms with E-state index in [1.54, 1.807) is 0 Å². The largest absolute Gasteiger partial charge is 0.375 e. The smallest absolute Gasteiger partial charge is 0.251 e. The summed E-state index contributed by atoms with van der Waals surface area (Å²) in [4.78, 5) is 14.4. The van der Waals surface area contributed by atoms with Crippen molar-refractivity contribution >= 4 is 11.6 Å². The molecule has 4 heteroatoms. The van der Waals surface area contributed by atoms with E-state index in [1.165, 1.54) is 18.5 Å². The SMILES string of the molecule is CCCCN(C)c1ccc(C(=O)NC2CCCNC2)cc1. The summed E-state index contributed by atoms with van der Waals surface area (Å²) < 4.78 is 0. The van der Waals surface area contributed by atoms with Gasteiger partial charge in [-0.15, -0.1) is 0 Å². The molecule has 2 N–H and O–H groups in total. The van der Waals surface area contributed by atoms with E-state index in [1.807, 2.05) is 24.3 Å². The highest BCUT2D eigenvalue weighted by Crippen LogP contribution is 2.15. The van der Waals surface area contributed by atoms with Crippen molar-refractivity contribution in [1.82, 2.24) is 10.6 Å². The van der Waals surface area contributed by atoms with Gasteiger partial charge in [-0.3, -0.25) is 4.79 Å².